The molecule has 0 spiro atoms. The quantitative estimate of drug-likeness (QED) is 0.736. The van der Waals surface area contributed by atoms with Gasteiger partial charge in [0.05, 0.1) is 0 Å². The zero-order valence-electron chi connectivity index (χ0n) is 8.71. The number of halogens is 2. The van der Waals surface area contributed by atoms with E-state index >= 15 is 0 Å². The molecule has 0 aromatic carbocycles. The highest BCUT2D eigenvalue weighted by atomic mass is 19.3. The number of rotatable bonds is 2. The van der Waals surface area contributed by atoms with Crippen molar-refractivity contribution in [2.75, 3.05) is 0 Å². The highest BCUT2D eigenvalue weighted by Crippen LogP contribution is 2.55. The van der Waals surface area contributed by atoms with Crippen LogP contribution in [0.25, 0.3) is 0 Å². The fourth-order valence-electron chi connectivity index (χ4n) is 3.25. The van der Waals surface area contributed by atoms with Gasteiger partial charge in [-0.1, -0.05) is 0 Å². The lowest BCUT2D eigenvalue weighted by Gasteiger charge is -2.12. The van der Waals surface area contributed by atoms with Gasteiger partial charge in [0, 0.05) is 23.7 Å². The van der Waals surface area contributed by atoms with E-state index in [-0.39, 0.29) is 5.69 Å². The molecule has 0 radical (unpaired) electrons. The van der Waals surface area contributed by atoms with E-state index in [1.165, 1.54) is 0 Å². The van der Waals surface area contributed by atoms with E-state index in [1.807, 2.05) is 6.92 Å². The largest absolute Gasteiger partial charge is 0.282 e. The minimum absolute atomic E-state index is 0.0547. The number of aromatic nitrogens is 2. The summed E-state index contributed by atoms with van der Waals surface area (Å²) in [4.78, 5) is 0. The molecular weight excluding hydrogens is 198 g/mol. The van der Waals surface area contributed by atoms with E-state index in [1.54, 1.807) is 4.68 Å². The molecule has 2 unspecified atom stereocenters. The number of hydrogen-bond acceptors (Lipinski definition) is 1. The van der Waals surface area contributed by atoms with Gasteiger partial charge in [0.1, 0.15) is 5.69 Å². The third-order valence-corrected chi connectivity index (χ3v) is 3.79. The molecule has 82 valence electrons. The molecule has 2 atom stereocenters. The van der Waals surface area contributed by atoms with Gasteiger partial charge in [-0.3, -0.25) is 4.68 Å². The maximum atomic E-state index is 12.8. The second-order valence-electron chi connectivity index (χ2n) is 4.51. The molecule has 2 bridgehead atoms. The molecule has 2 nitrogen and oxygen atoms in total. The normalized spacial score (nSPS) is 27.7. The van der Waals surface area contributed by atoms with Crippen molar-refractivity contribution in [3.63, 3.8) is 0 Å². The van der Waals surface area contributed by atoms with Crippen molar-refractivity contribution in [3.05, 3.63) is 17.0 Å². The fraction of sp³-hybridized carbons (Fsp3) is 0.727. The van der Waals surface area contributed by atoms with Gasteiger partial charge in [-0.15, -0.1) is 0 Å². The van der Waals surface area contributed by atoms with Crippen molar-refractivity contribution in [3.8, 4) is 0 Å². The average Bonchev–Trinajstić information content (AvgIpc) is 2.88. The van der Waals surface area contributed by atoms with Crippen molar-refractivity contribution in [1.29, 1.82) is 0 Å². The standard InChI is InChI=1S/C11H14F2N2/c1-2-15-10-7-4-3-6(5-7)8(10)9(14-15)11(12)13/h6-7,11H,2-5H2,1H3. The van der Waals surface area contributed by atoms with Crippen molar-refractivity contribution >= 4 is 0 Å². The summed E-state index contributed by atoms with van der Waals surface area (Å²) in [5, 5.41) is 4.06. The Bertz CT molecular complexity index is 398. The van der Waals surface area contributed by atoms with Crippen molar-refractivity contribution in [2.45, 2.75) is 51.0 Å². The first-order valence-corrected chi connectivity index (χ1v) is 5.61. The summed E-state index contributed by atoms with van der Waals surface area (Å²) < 4.78 is 27.4. The summed E-state index contributed by atoms with van der Waals surface area (Å²) in [6, 6.07) is 0. The monoisotopic (exact) mass is 212 g/mol. The fourth-order valence-corrected chi connectivity index (χ4v) is 3.25. The van der Waals surface area contributed by atoms with Gasteiger partial charge in [-0.25, -0.2) is 8.78 Å². The summed E-state index contributed by atoms with van der Waals surface area (Å²) in [6.45, 7) is 2.67. The van der Waals surface area contributed by atoms with E-state index in [2.05, 4.69) is 5.10 Å². The zero-order chi connectivity index (χ0) is 10.6. The number of hydrogen-bond donors (Lipinski definition) is 0. The molecule has 15 heavy (non-hydrogen) atoms. The van der Waals surface area contributed by atoms with Crippen LogP contribution in [0.5, 0.6) is 0 Å². The van der Waals surface area contributed by atoms with E-state index in [0.29, 0.717) is 18.4 Å². The van der Waals surface area contributed by atoms with Crippen molar-refractivity contribution in [2.24, 2.45) is 0 Å². The maximum Gasteiger partial charge on any atom is 0.282 e. The second kappa shape index (κ2) is 3.03. The molecule has 1 aromatic rings. The van der Waals surface area contributed by atoms with Crippen LogP contribution < -0.4 is 0 Å². The minimum Gasteiger partial charge on any atom is -0.269 e. The van der Waals surface area contributed by atoms with Crippen LogP contribution in [0.15, 0.2) is 0 Å². The van der Waals surface area contributed by atoms with Gasteiger partial charge in [-0.05, 0) is 32.1 Å². The van der Waals surface area contributed by atoms with Gasteiger partial charge in [-0.2, -0.15) is 5.10 Å². The Balaban J connectivity index is 2.17. The topological polar surface area (TPSA) is 17.8 Å². The number of aryl methyl sites for hydroxylation is 1. The Morgan fingerprint density at radius 2 is 2.13 bits per heavy atom. The Morgan fingerprint density at radius 1 is 1.40 bits per heavy atom. The van der Waals surface area contributed by atoms with E-state index in [4.69, 9.17) is 0 Å². The lowest BCUT2D eigenvalue weighted by Crippen LogP contribution is -2.05. The van der Waals surface area contributed by atoms with Crippen LogP contribution in [0.3, 0.4) is 0 Å². The molecule has 4 heteroatoms. The third kappa shape index (κ3) is 1.11. The molecule has 3 rings (SSSR count). The molecule has 1 saturated carbocycles. The first-order chi connectivity index (χ1) is 7.22. The SMILES string of the molecule is CCn1nc(C(F)F)c2c1C1CCC2C1. The van der Waals surface area contributed by atoms with Gasteiger partial charge < -0.3 is 0 Å². The zero-order valence-corrected chi connectivity index (χ0v) is 8.71. The molecule has 2 aliphatic rings. The maximum absolute atomic E-state index is 12.8. The smallest absolute Gasteiger partial charge is 0.269 e. The molecular formula is C11H14F2N2. The number of nitrogens with zero attached hydrogens (tertiary/aromatic N) is 2. The predicted molar refractivity (Wildman–Crippen MR) is 52.2 cm³/mol. The summed E-state index contributed by atoms with van der Waals surface area (Å²) in [5.41, 5.74) is 2.06. The van der Waals surface area contributed by atoms with Crippen molar-refractivity contribution in [1.82, 2.24) is 9.78 Å². The lowest BCUT2D eigenvalue weighted by molar-refractivity contribution is 0.143. The molecule has 1 heterocycles. The summed E-state index contributed by atoms with van der Waals surface area (Å²) >= 11 is 0. The Hall–Kier alpha value is -0.930. The third-order valence-electron chi connectivity index (χ3n) is 3.79. The molecule has 0 amide bonds. The average molecular weight is 212 g/mol. The van der Waals surface area contributed by atoms with Gasteiger partial charge in [0.15, 0.2) is 0 Å². The molecule has 1 aromatic heterocycles. The van der Waals surface area contributed by atoms with Gasteiger partial charge in [0.25, 0.3) is 6.43 Å². The molecule has 1 fully saturated rings. The number of fused-ring (bicyclic) bond motifs is 5. The first-order valence-electron chi connectivity index (χ1n) is 5.61. The molecule has 0 N–H and O–H groups in total. The van der Waals surface area contributed by atoms with Crippen LogP contribution in [-0.4, -0.2) is 9.78 Å². The van der Waals surface area contributed by atoms with Gasteiger partial charge >= 0.3 is 0 Å². The number of alkyl halides is 2. The lowest BCUT2D eigenvalue weighted by atomic mass is 9.95. The summed E-state index contributed by atoms with van der Waals surface area (Å²) in [5.74, 6) is 0.874. The Labute approximate surface area is 87.3 Å². The van der Waals surface area contributed by atoms with Crippen LogP contribution in [0.2, 0.25) is 0 Å². The predicted octanol–water partition coefficient (Wildman–Crippen LogP) is 3.21. The molecule has 0 aliphatic heterocycles. The van der Waals surface area contributed by atoms with E-state index < -0.39 is 6.43 Å². The van der Waals surface area contributed by atoms with Gasteiger partial charge in [0.2, 0.25) is 0 Å². The second-order valence-corrected chi connectivity index (χ2v) is 4.51. The molecule has 0 saturated heterocycles. The van der Waals surface area contributed by atoms with Crippen LogP contribution in [-0.2, 0) is 6.54 Å². The van der Waals surface area contributed by atoms with Crippen LogP contribution in [0.4, 0.5) is 8.78 Å². The van der Waals surface area contributed by atoms with Crippen molar-refractivity contribution < 1.29 is 8.78 Å². The first kappa shape index (κ1) is 9.31. The van der Waals surface area contributed by atoms with Crippen LogP contribution >= 0.6 is 0 Å². The van der Waals surface area contributed by atoms with E-state index in [9.17, 15) is 8.78 Å². The summed E-state index contributed by atoms with van der Waals surface area (Å²) in [6.07, 6.45) is 0.900. The van der Waals surface area contributed by atoms with Crippen LogP contribution in [0, 0.1) is 0 Å². The van der Waals surface area contributed by atoms with Crippen LogP contribution in [0.1, 0.15) is 61.4 Å². The summed E-state index contributed by atoms with van der Waals surface area (Å²) in [7, 11) is 0. The minimum atomic E-state index is -2.41. The highest BCUT2D eigenvalue weighted by Gasteiger charge is 2.43. The Morgan fingerprint density at radius 3 is 2.80 bits per heavy atom. The van der Waals surface area contributed by atoms with E-state index in [0.717, 1.165) is 30.5 Å². The highest BCUT2D eigenvalue weighted by molar-refractivity contribution is 5.41. The molecule has 2 aliphatic carbocycles. The Kier molecular flexibility index (Phi) is 1.88.